The van der Waals surface area contributed by atoms with Gasteiger partial charge in [-0.05, 0) is 11.6 Å². The van der Waals surface area contributed by atoms with E-state index in [0.29, 0.717) is 6.42 Å². The van der Waals surface area contributed by atoms with Gasteiger partial charge in [0, 0.05) is 6.42 Å². The molecule has 0 saturated carbocycles. The molecule has 2 rings (SSSR count). The predicted molar refractivity (Wildman–Crippen MR) is 60.5 cm³/mol. The maximum absolute atomic E-state index is 10.4. The van der Waals surface area contributed by atoms with Crippen LogP contribution in [0.25, 0.3) is 0 Å². The van der Waals surface area contributed by atoms with E-state index < -0.39 is 11.0 Å². The standard InChI is InChI=1S/C12H11NO4/c14-10(8-9-4-2-1-3-5-9)11-6-7-12(17-11)13(15)16/h1-7,10,14H,8H2. The fourth-order valence-corrected chi connectivity index (χ4v) is 1.56. The molecule has 0 spiro atoms. The number of aliphatic hydroxyl groups is 1. The topological polar surface area (TPSA) is 76.5 Å². The van der Waals surface area contributed by atoms with Gasteiger partial charge in [0.25, 0.3) is 0 Å². The molecule has 0 fully saturated rings. The van der Waals surface area contributed by atoms with Gasteiger partial charge in [-0.3, -0.25) is 10.1 Å². The molecule has 1 aromatic carbocycles. The molecule has 0 aliphatic carbocycles. The van der Waals surface area contributed by atoms with Gasteiger partial charge in [0.1, 0.15) is 16.8 Å². The summed E-state index contributed by atoms with van der Waals surface area (Å²) in [5, 5.41) is 20.3. The van der Waals surface area contributed by atoms with E-state index in [4.69, 9.17) is 4.42 Å². The number of rotatable bonds is 4. The van der Waals surface area contributed by atoms with Crippen LogP contribution in [0.15, 0.2) is 46.9 Å². The summed E-state index contributed by atoms with van der Waals surface area (Å²) >= 11 is 0. The molecule has 0 aliphatic heterocycles. The van der Waals surface area contributed by atoms with E-state index in [-0.39, 0.29) is 11.6 Å². The Labute approximate surface area is 97.5 Å². The van der Waals surface area contributed by atoms with E-state index in [1.165, 1.54) is 12.1 Å². The lowest BCUT2D eigenvalue weighted by molar-refractivity contribution is -0.402. The zero-order valence-electron chi connectivity index (χ0n) is 8.95. The van der Waals surface area contributed by atoms with E-state index in [1.54, 1.807) is 0 Å². The summed E-state index contributed by atoms with van der Waals surface area (Å²) in [4.78, 5) is 9.80. The quantitative estimate of drug-likeness (QED) is 0.650. The SMILES string of the molecule is O=[N+]([O-])c1ccc(C(O)Cc2ccccc2)o1. The van der Waals surface area contributed by atoms with Gasteiger partial charge in [0.05, 0.1) is 6.07 Å². The van der Waals surface area contributed by atoms with Crippen molar-refractivity contribution in [2.24, 2.45) is 0 Å². The minimum atomic E-state index is -0.869. The number of nitro groups is 1. The van der Waals surface area contributed by atoms with Crippen molar-refractivity contribution in [1.82, 2.24) is 0 Å². The highest BCUT2D eigenvalue weighted by molar-refractivity contribution is 5.22. The average Bonchev–Trinajstić information content (AvgIpc) is 2.79. The summed E-state index contributed by atoms with van der Waals surface area (Å²) in [6.45, 7) is 0. The molecular weight excluding hydrogens is 222 g/mol. The Morgan fingerprint density at radius 3 is 2.53 bits per heavy atom. The van der Waals surface area contributed by atoms with E-state index in [0.717, 1.165) is 5.56 Å². The van der Waals surface area contributed by atoms with Gasteiger partial charge in [-0.1, -0.05) is 30.3 Å². The van der Waals surface area contributed by atoms with Crippen molar-refractivity contribution in [3.05, 3.63) is 63.9 Å². The van der Waals surface area contributed by atoms with E-state index in [9.17, 15) is 15.2 Å². The predicted octanol–water partition coefficient (Wildman–Crippen LogP) is 2.46. The lowest BCUT2D eigenvalue weighted by Gasteiger charge is -2.06. The van der Waals surface area contributed by atoms with Crippen LogP contribution in [0.3, 0.4) is 0 Å². The third-order valence-electron chi connectivity index (χ3n) is 2.39. The molecular formula is C12H11NO4. The Morgan fingerprint density at radius 2 is 1.94 bits per heavy atom. The maximum atomic E-state index is 10.4. The summed E-state index contributed by atoms with van der Waals surface area (Å²) in [5.41, 5.74) is 0.944. The average molecular weight is 233 g/mol. The molecule has 1 heterocycles. The highest BCUT2D eigenvalue weighted by Crippen LogP contribution is 2.24. The molecule has 0 amide bonds. The van der Waals surface area contributed by atoms with Gasteiger partial charge in [0.15, 0.2) is 0 Å². The first-order valence-corrected chi connectivity index (χ1v) is 5.13. The Morgan fingerprint density at radius 1 is 1.24 bits per heavy atom. The largest absolute Gasteiger partial charge is 0.433 e. The molecule has 1 N–H and O–H groups in total. The number of nitrogens with zero attached hydrogens (tertiary/aromatic N) is 1. The molecule has 0 radical (unpaired) electrons. The molecule has 17 heavy (non-hydrogen) atoms. The van der Waals surface area contributed by atoms with E-state index >= 15 is 0 Å². The van der Waals surface area contributed by atoms with Gasteiger partial charge in [0.2, 0.25) is 0 Å². The highest BCUT2D eigenvalue weighted by Gasteiger charge is 2.17. The monoisotopic (exact) mass is 233 g/mol. The molecule has 0 bridgehead atoms. The number of hydrogen-bond acceptors (Lipinski definition) is 4. The molecule has 0 aliphatic rings. The zero-order valence-corrected chi connectivity index (χ0v) is 8.95. The second kappa shape index (κ2) is 4.80. The van der Waals surface area contributed by atoms with Crippen molar-refractivity contribution in [2.75, 3.05) is 0 Å². The number of furan rings is 1. The third kappa shape index (κ3) is 2.70. The van der Waals surface area contributed by atoms with Crippen LogP contribution in [0.4, 0.5) is 5.88 Å². The summed E-state index contributed by atoms with van der Waals surface area (Å²) in [7, 11) is 0. The van der Waals surface area contributed by atoms with Crippen LogP contribution in [0.5, 0.6) is 0 Å². The number of hydrogen-bond donors (Lipinski definition) is 1. The Kier molecular flexibility index (Phi) is 3.20. The smallest absolute Gasteiger partial charge is 0.403 e. The minimum absolute atomic E-state index is 0.209. The van der Waals surface area contributed by atoms with Gasteiger partial charge in [-0.15, -0.1) is 0 Å². The number of aliphatic hydroxyl groups excluding tert-OH is 1. The van der Waals surface area contributed by atoms with Crippen LogP contribution in [0.2, 0.25) is 0 Å². The van der Waals surface area contributed by atoms with Crippen LogP contribution in [-0.4, -0.2) is 10.0 Å². The van der Waals surface area contributed by atoms with Crippen molar-refractivity contribution in [2.45, 2.75) is 12.5 Å². The van der Waals surface area contributed by atoms with Crippen molar-refractivity contribution in [3.8, 4) is 0 Å². The second-order valence-corrected chi connectivity index (χ2v) is 3.64. The Bertz CT molecular complexity index is 506. The van der Waals surface area contributed by atoms with Gasteiger partial charge in [-0.2, -0.15) is 0 Å². The van der Waals surface area contributed by atoms with E-state index in [1.807, 2.05) is 30.3 Å². The molecule has 88 valence electrons. The van der Waals surface area contributed by atoms with Crippen molar-refractivity contribution < 1.29 is 14.4 Å². The molecule has 2 aromatic rings. The van der Waals surface area contributed by atoms with Gasteiger partial charge in [-0.25, -0.2) is 0 Å². The van der Waals surface area contributed by atoms with Gasteiger partial charge < -0.3 is 9.52 Å². The maximum Gasteiger partial charge on any atom is 0.433 e. The first-order valence-electron chi connectivity index (χ1n) is 5.13. The summed E-state index contributed by atoms with van der Waals surface area (Å²) < 4.78 is 4.93. The Hall–Kier alpha value is -2.14. The molecule has 1 atom stereocenters. The molecule has 0 saturated heterocycles. The van der Waals surface area contributed by atoms with Crippen LogP contribution in [-0.2, 0) is 6.42 Å². The fourth-order valence-electron chi connectivity index (χ4n) is 1.56. The molecule has 5 nitrogen and oxygen atoms in total. The minimum Gasteiger partial charge on any atom is -0.403 e. The van der Waals surface area contributed by atoms with Gasteiger partial charge >= 0.3 is 5.88 Å². The van der Waals surface area contributed by atoms with Crippen LogP contribution >= 0.6 is 0 Å². The van der Waals surface area contributed by atoms with Crippen LogP contribution < -0.4 is 0 Å². The molecule has 1 aromatic heterocycles. The fraction of sp³-hybridized carbons (Fsp3) is 0.167. The van der Waals surface area contributed by atoms with Crippen molar-refractivity contribution >= 4 is 5.88 Å². The molecule has 1 unspecified atom stereocenters. The third-order valence-corrected chi connectivity index (χ3v) is 2.39. The normalized spacial score (nSPS) is 12.3. The van der Waals surface area contributed by atoms with Crippen molar-refractivity contribution in [1.29, 1.82) is 0 Å². The zero-order chi connectivity index (χ0) is 12.3. The highest BCUT2D eigenvalue weighted by atomic mass is 16.6. The van der Waals surface area contributed by atoms with Crippen LogP contribution in [0, 0.1) is 10.1 Å². The Balaban J connectivity index is 2.09. The lowest BCUT2D eigenvalue weighted by atomic mass is 10.1. The van der Waals surface area contributed by atoms with E-state index in [2.05, 4.69) is 0 Å². The second-order valence-electron chi connectivity index (χ2n) is 3.64. The van der Waals surface area contributed by atoms with Crippen molar-refractivity contribution in [3.63, 3.8) is 0 Å². The van der Waals surface area contributed by atoms with Crippen LogP contribution in [0.1, 0.15) is 17.4 Å². The first-order chi connectivity index (χ1) is 8.16. The lowest BCUT2D eigenvalue weighted by Crippen LogP contribution is -2.00. The summed E-state index contributed by atoms with van der Waals surface area (Å²) in [5.74, 6) is -0.146. The first kappa shape index (κ1) is 11.3. The summed E-state index contributed by atoms with van der Waals surface area (Å²) in [6.07, 6.45) is -0.503. The summed E-state index contributed by atoms with van der Waals surface area (Å²) in [6, 6.07) is 12.0. The number of benzene rings is 1. The molecule has 5 heteroatoms.